The van der Waals surface area contributed by atoms with Crippen molar-refractivity contribution in [3.05, 3.63) is 0 Å². The molecule has 0 aliphatic carbocycles. The van der Waals surface area contributed by atoms with Crippen molar-refractivity contribution in [3.8, 4) is 0 Å². The summed E-state index contributed by atoms with van der Waals surface area (Å²) in [5.41, 5.74) is 0. The minimum atomic E-state index is -4.81. The van der Waals surface area contributed by atoms with Gasteiger partial charge in [0.05, 0.1) is 0 Å². The maximum atomic E-state index is 10.9. The van der Waals surface area contributed by atoms with Gasteiger partial charge >= 0.3 is 7.68 Å². The molecule has 0 fully saturated rings. The zero-order chi connectivity index (χ0) is 5.21. The minimum Gasteiger partial charge on any atom is -0.319 e. The topological polar surface area (TPSA) is 37.3 Å². The van der Waals surface area contributed by atoms with E-state index < -0.39 is 14.1 Å². The Morgan fingerprint density at radius 1 is 1.83 bits per heavy atom. The first-order chi connectivity index (χ1) is 2.56. The molecule has 0 spiro atoms. The van der Waals surface area contributed by atoms with Crippen LogP contribution in [0.25, 0.3) is 0 Å². The van der Waals surface area contributed by atoms with Crippen LogP contribution >= 0.6 is 7.68 Å². The molecule has 0 bridgehead atoms. The molecule has 6 heavy (non-hydrogen) atoms. The van der Waals surface area contributed by atoms with E-state index in [2.05, 4.69) is 0 Å². The molecular formula is CH3F2O2P. The summed E-state index contributed by atoms with van der Waals surface area (Å²) in [7, 11) is -4.81. The largest absolute Gasteiger partial charge is 0.394 e. The van der Waals surface area contributed by atoms with Gasteiger partial charge in [0.25, 0.3) is 0 Å². The zero-order valence-electron chi connectivity index (χ0n) is 2.77. The fraction of sp³-hybridized carbons (Fsp3) is 1.00. The van der Waals surface area contributed by atoms with E-state index in [1.54, 1.807) is 0 Å². The van der Waals surface area contributed by atoms with Crippen LogP contribution in [0, 0.1) is 0 Å². The van der Waals surface area contributed by atoms with E-state index in [9.17, 15) is 8.59 Å². The monoisotopic (exact) mass is 116 g/mol. The molecule has 0 aliphatic rings. The second kappa shape index (κ2) is 1.67. The van der Waals surface area contributed by atoms with E-state index in [-0.39, 0.29) is 0 Å². The smallest absolute Gasteiger partial charge is 0.319 e. The Hall–Kier alpha value is 0.0500. The molecule has 1 atom stereocenters. The van der Waals surface area contributed by atoms with E-state index in [1.165, 1.54) is 0 Å². The molecule has 5 heteroatoms. The highest BCUT2D eigenvalue weighted by Crippen LogP contribution is 2.41. The SMILES string of the molecule is O=P(O)(F)CF. The van der Waals surface area contributed by atoms with Gasteiger partial charge in [0, 0.05) is 0 Å². The molecule has 38 valence electrons. The van der Waals surface area contributed by atoms with E-state index >= 15 is 0 Å². The predicted octanol–water partition coefficient (Wildman–Crippen LogP) is 1.07. The Morgan fingerprint density at radius 2 is 2.00 bits per heavy atom. The van der Waals surface area contributed by atoms with Gasteiger partial charge in [-0.25, -0.2) is 4.39 Å². The minimum absolute atomic E-state index is 1.78. The summed E-state index contributed by atoms with van der Waals surface area (Å²) >= 11 is 0. The third-order valence-corrected chi connectivity index (χ3v) is 0.442. The third-order valence-electron chi connectivity index (χ3n) is 0.147. The third kappa shape index (κ3) is 4.05. The van der Waals surface area contributed by atoms with E-state index in [4.69, 9.17) is 9.46 Å². The Kier molecular flexibility index (Phi) is 1.68. The first kappa shape index (κ1) is 6.05. The summed E-state index contributed by atoms with van der Waals surface area (Å²) in [5, 5.41) is 0. The number of alkyl halides is 1. The molecule has 0 saturated heterocycles. The lowest BCUT2D eigenvalue weighted by atomic mass is 11.8. The van der Waals surface area contributed by atoms with Gasteiger partial charge in [-0.1, -0.05) is 0 Å². The van der Waals surface area contributed by atoms with Crippen molar-refractivity contribution in [2.75, 3.05) is 6.42 Å². The van der Waals surface area contributed by atoms with Crippen molar-refractivity contribution >= 4 is 7.68 Å². The van der Waals surface area contributed by atoms with Crippen LogP contribution in [-0.4, -0.2) is 11.3 Å². The number of hydrogen-bond acceptors (Lipinski definition) is 1. The first-order valence-corrected chi connectivity index (χ1v) is 2.87. The number of halogens is 2. The summed E-state index contributed by atoms with van der Waals surface area (Å²) in [6, 6.07) is 0. The molecule has 0 radical (unpaired) electrons. The number of hydrogen-bond donors (Lipinski definition) is 1. The Morgan fingerprint density at radius 3 is 2.00 bits per heavy atom. The lowest BCUT2D eigenvalue weighted by Gasteiger charge is -1.85. The van der Waals surface area contributed by atoms with E-state index in [0.717, 1.165) is 0 Å². The Labute approximate surface area is 33.4 Å². The molecule has 0 heterocycles. The highest BCUT2D eigenvalue weighted by molar-refractivity contribution is 7.52. The van der Waals surface area contributed by atoms with Crippen LogP contribution in [0.15, 0.2) is 0 Å². The molecule has 0 amide bonds. The van der Waals surface area contributed by atoms with E-state index in [0.29, 0.717) is 0 Å². The van der Waals surface area contributed by atoms with Gasteiger partial charge in [-0.05, 0) is 0 Å². The second-order valence-electron chi connectivity index (χ2n) is 0.736. The zero-order valence-corrected chi connectivity index (χ0v) is 3.66. The Balaban J connectivity index is 3.48. The fourth-order valence-electron chi connectivity index (χ4n) is 0. The predicted molar refractivity (Wildman–Crippen MR) is 16.9 cm³/mol. The van der Waals surface area contributed by atoms with Crippen molar-refractivity contribution in [1.29, 1.82) is 0 Å². The van der Waals surface area contributed by atoms with Gasteiger partial charge in [-0.2, -0.15) is 4.20 Å². The standard InChI is InChI=1S/CH3F2O2P/c2-1-6(3,4)5/h1H2,(H,4,5). The molecule has 0 aliphatic heterocycles. The van der Waals surface area contributed by atoms with Gasteiger partial charge in [-0.15, -0.1) is 0 Å². The van der Waals surface area contributed by atoms with Crippen LogP contribution in [0.1, 0.15) is 0 Å². The van der Waals surface area contributed by atoms with Crippen molar-refractivity contribution in [2.45, 2.75) is 0 Å². The molecule has 0 aromatic rings. The Bertz CT molecular complexity index is 75.6. The summed E-state index contributed by atoms with van der Waals surface area (Å²) in [6.07, 6.45) is -1.78. The van der Waals surface area contributed by atoms with Crippen LogP contribution in [-0.2, 0) is 4.57 Å². The summed E-state index contributed by atoms with van der Waals surface area (Å²) in [6.45, 7) is 0. The van der Waals surface area contributed by atoms with Gasteiger partial charge in [0.1, 0.15) is 0 Å². The van der Waals surface area contributed by atoms with Gasteiger partial charge in [0.2, 0.25) is 0 Å². The molecule has 0 aromatic carbocycles. The molecule has 2 nitrogen and oxygen atoms in total. The average Bonchev–Trinajstić information content (AvgIpc) is 1.35. The normalized spacial score (nSPS) is 19.8. The van der Waals surface area contributed by atoms with Crippen LogP contribution in [0.3, 0.4) is 0 Å². The van der Waals surface area contributed by atoms with Crippen molar-refractivity contribution in [1.82, 2.24) is 0 Å². The highest BCUT2D eigenvalue weighted by Gasteiger charge is 2.12. The lowest BCUT2D eigenvalue weighted by molar-refractivity contribution is 0.398. The van der Waals surface area contributed by atoms with Crippen LogP contribution in [0.4, 0.5) is 8.59 Å². The average molecular weight is 116 g/mol. The quantitative estimate of drug-likeness (QED) is 0.520. The molecule has 0 rings (SSSR count). The maximum Gasteiger partial charge on any atom is 0.394 e. The first-order valence-electron chi connectivity index (χ1n) is 1.14. The second-order valence-corrected chi connectivity index (χ2v) is 2.21. The van der Waals surface area contributed by atoms with Gasteiger partial charge < -0.3 is 4.89 Å². The maximum absolute atomic E-state index is 10.9. The number of rotatable bonds is 1. The van der Waals surface area contributed by atoms with Crippen molar-refractivity contribution in [2.24, 2.45) is 0 Å². The van der Waals surface area contributed by atoms with Crippen molar-refractivity contribution < 1.29 is 18.0 Å². The molecule has 0 aromatic heterocycles. The summed E-state index contributed by atoms with van der Waals surface area (Å²) < 4.78 is 30.6. The molecule has 1 unspecified atom stereocenters. The molecular weight excluding hydrogens is 113 g/mol. The van der Waals surface area contributed by atoms with E-state index in [1.807, 2.05) is 0 Å². The highest BCUT2D eigenvalue weighted by atomic mass is 31.2. The lowest BCUT2D eigenvalue weighted by Crippen LogP contribution is -1.67. The summed E-state index contributed by atoms with van der Waals surface area (Å²) in [5.74, 6) is 0. The van der Waals surface area contributed by atoms with Crippen LogP contribution in [0.5, 0.6) is 0 Å². The van der Waals surface area contributed by atoms with Crippen molar-refractivity contribution in [3.63, 3.8) is 0 Å². The van der Waals surface area contributed by atoms with Crippen LogP contribution < -0.4 is 0 Å². The van der Waals surface area contributed by atoms with Gasteiger partial charge in [0.15, 0.2) is 6.42 Å². The van der Waals surface area contributed by atoms with Gasteiger partial charge in [-0.3, -0.25) is 4.57 Å². The fourth-order valence-corrected chi connectivity index (χ4v) is 0. The van der Waals surface area contributed by atoms with Crippen LogP contribution in [0.2, 0.25) is 0 Å². The molecule has 0 saturated carbocycles. The summed E-state index contributed by atoms with van der Waals surface area (Å²) in [4.78, 5) is 7.34. The molecule has 1 N–H and O–H groups in total.